The Hall–Kier alpha value is -4.78. The number of benzene rings is 3. The van der Waals surface area contributed by atoms with Crippen LogP contribution in [0.25, 0.3) is 0 Å². The molecule has 13 heteroatoms. The fraction of sp³-hybridized carbons (Fsp3) is 0.364. The summed E-state index contributed by atoms with van der Waals surface area (Å²) in [6, 6.07) is 21.4. The van der Waals surface area contributed by atoms with Crippen LogP contribution in [0.5, 0.6) is 17.5 Å². The molecular formula is C33H34F3N5O5. The van der Waals surface area contributed by atoms with Crippen molar-refractivity contribution < 1.29 is 32.3 Å². The number of imidazole rings is 1. The molecule has 1 fully saturated rings. The largest absolute Gasteiger partial charge is 0.490 e. The number of hydrogen-bond acceptors (Lipinski definition) is 8. The van der Waals surface area contributed by atoms with Gasteiger partial charge in [0.15, 0.2) is 0 Å². The van der Waals surface area contributed by atoms with Gasteiger partial charge in [0.1, 0.15) is 37.0 Å². The SMILES string of the molecule is C[C@@H]1CN(c2ccc(OC[C@H]3CCn4cc([N+](=O)[O-])nc4O3)cc2)CCN1Cc1ccc(OCc2ccc(C(F)(F)F)cc2)cc1. The molecule has 46 heavy (non-hydrogen) atoms. The molecule has 1 saturated heterocycles. The van der Waals surface area contributed by atoms with Gasteiger partial charge in [-0.2, -0.15) is 13.2 Å². The van der Waals surface area contributed by atoms with Crippen molar-refractivity contribution in [1.82, 2.24) is 14.5 Å². The third kappa shape index (κ3) is 7.53. The fourth-order valence-electron chi connectivity index (χ4n) is 5.63. The predicted octanol–water partition coefficient (Wildman–Crippen LogP) is 6.33. The zero-order valence-electron chi connectivity index (χ0n) is 25.2. The van der Waals surface area contributed by atoms with E-state index in [4.69, 9.17) is 14.2 Å². The summed E-state index contributed by atoms with van der Waals surface area (Å²) < 4.78 is 57.5. The molecule has 0 N–H and O–H groups in total. The average Bonchev–Trinajstić information content (AvgIpc) is 3.49. The van der Waals surface area contributed by atoms with Gasteiger partial charge >= 0.3 is 18.0 Å². The Morgan fingerprint density at radius 3 is 2.28 bits per heavy atom. The number of aryl methyl sites for hydroxylation is 1. The quantitative estimate of drug-likeness (QED) is 0.147. The van der Waals surface area contributed by atoms with Crippen LogP contribution < -0.4 is 19.1 Å². The summed E-state index contributed by atoms with van der Waals surface area (Å²) in [4.78, 5) is 19.2. The molecule has 0 amide bonds. The van der Waals surface area contributed by atoms with Crippen molar-refractivity contribution in [3.8, 4) is 17.5 Å². The molecule has 0 aliphatic carbocycles. The molecule has 0 radical (unpaired) electrons. The molecule has 3 heterocycles. The molecular weight excluding hydrogens is 603 g/mol. The Kier molecular flexibility index (Phi) is 9.02. The molecule has 6 rings (SSSR count). The topological polar surface area (TPSA) is 95.1 Å². The second-order valence-corrected chi connectivity index (χ2v) is 11.6. The highest BCUT2D eigenvalue weighted by molar-refractivity contribution is 5.49. The summed E-state index contributed by atoms with van der Waals surface area (Å²) >= 11 is 0. The van der Waals surface area contributed by atoms with Crippen molar-refractivity contribution in [3.63, 3.8) is 0 Å². The first-order valence-corrected chi connectivity index (χ1v) is 15.1. The molecule has 2 atom stereocenters. The van der Waals surface area contributed by atoms with Gasteiger partial charge < -0.3 is 29.2 Å². The Labute approximate surface area is 264 Å². The number of nitro groups is 1. The summed E-state index contributed by atoms with van der Waals surface area (Å²) in [5, 5.41) is 11.0. The number of fused-ring (bicyclic) bond motifs is 1. The summed E-state index contributed by atoms with van der Waals surface area (Å²) in [7, 11) is 0. The molecule has 1 aromatic heterocycles. The summed E-state index contributed by atoms with van der Waals surface area (Å²) in [6.07, 6.45) is -2.53. The van der Waals surface area contributed by atoms with E-state index in [-0.39, 0.29) is 24.5 Å². The maximum Gasteiger partial charge on any atom is 0.416 e. The van der Waals surface area contributed by atoms with Crippen LogP contribution in [0.2, 0.25) is 0 Å². The van der Waals surface area contributed by atoms with Gasteiger partial charge in [0.25, 0.3) is 0 Å². The van der Waals surface area contributed by atoms with E-state index in [1.165, 1.54) is 18.3 Å². The Bertz CT molecular complexity index is 1630. The molecule has 2 aliphatic heterocycles. The fourth-order valence-corrected chi connectivity index (χ4v) is 5.63. The summed E-state index contributed by atoms with van der Waals surface area (Å²) in [6.45, 7) is 6.78. The molecule has 0 unspecified atom stereocenters. The molecule has 0 bridgehead atoms. The molecule has 3 aromatic carbocycles. The standard InChI is InChI=1S/C33H34F3N5O5/c1-23-18-39(27-8-12-29(13-9-27)45-22-30-14-15-40-20-31(41(42)43)37-32(40)46-30)17-16-38(23)19-24-4-10-28(11-5-24)44-21-25-2-6-26(7-3-25)33(34,35)36/h2-13,20,23,30H,14-19,21-22H2,1H3/t23-,30-/m1/s1. The molecule has 0 saturated carbocycles. The van der Waals surface area contributed by atoms with Crippen molar-refractivity contribution in [2.45, 2.75) is 51.4 Å². The van der Waals surface area contributed by atoms with E-state index in [1.807, 2.05) is 36.4 Å². The van der Waals surface area contributed by atoms with Gasteiger partial charge in [-0.15, -0.1) is 0 Å². The normalized spacial score (nSPS) is 18.5. The van der Waals surface area contributed by atoms with Crippen LogP contribution in [0.3, 0.4) is 0 Å². The van der Waals surface area contributed by atoms with E-state index >= 15 is 0 Å². The Balaban J connectivity index is 0.938. The highest BCUT2D eigenvalue weighted by Crippen LogP contribution is 2.30. The number of hydrogen-bond donors (Lipinski definition) is 0. The van der Waals surface area contributed by atoms with Crippen molar-refractivity contribution in [3.05, 3.63) is 106 Å². The van der Waals surface area contributed by atoms with Gasteiger partial charge in [-0.1, -0.05) is 24.3 Å². The number of anilines is 1. The minimum atomic E-state index is -4.35. The van der Waals surface area contributed by atoms with Crippen molar-refractivity contribution >= 4 is 11.5 Å². The van der Waals surface area contributed by atoms with Crippen molar-refractivity contribution in [2.24, 2.45) is 0 Å². The number of aromatic nitrogens is 2. The van der Waals surface area contributed by atoms with Crippen LogP contribution in [0, 0.1) is 10.1 Å². The third-order valence-corrected chi connectivity index (χ3v) is 8.28. The van der Waals surface area contributed by atoms with Crippen LogP contribution in [0.15, 0.2) is 79.0 Å². The van der Waals surface area contributed by atoms with E-state index in [1.54, 1.807) is 4.57 Å². The van der Waals surface area contributed by atoms with Crippen LogP contribution >= 0.6 is 0 Å². The number of piperazine rings is 1. The highest BCUT2D eigenvalue weighted by Gasteiger charge is 2.30. The lowest BCUT2D eigenvalue weighted by molar-refractivity contribution is -0.389. The first-order valence-electron chi connectivity index (χ1n) is 15.1. The zero-order chi connectivity index (χ0) is 32.3. The second kappa shape index (κ2) is 13.3. The van der Waals surface area contributed by atoms with Crippen LogP contribution in [0.4, 0.5) is 24.7 Å². The Morgan fingerprint density at radius 2 is 1.61 bits per heavy atom. The van der Waals surface area contributed by atoms with Gasteiger partial charge in [-0.3, -0.25) is 9.47 Å². The second-order valence-electron chi connectivity index (χ2n) is 11.6. The van der Waals surface area contributed by atoms with E-state index < -0.39 is 16.7 Å². The molecule has 4 aromatic rings. The number of ether oxygens (including phenoxy) is 3. The highest BCUT2D eigenvalue weighted by atomic mass is 19.4. The monoisotopic (exact) mass is 637 g/mol. The number of alkyl halides is 3. The van der Waals surface area contributed by atoms with Gasteiger partial charge in [-0.05, 0) is 71.5 Å². The maximum absolute atomic E-state index is 12.8. The molecule has 2 aliphatic rings. The van der Waals surface area contributed by atoms with Gasteiger partial charge in [0.05, 0.1) is 5.56 Å². The van der Waals surface area contributed by atoms with Gasteiger partial charge in [0, 0.05) is 55.9 Å². The smallest absolute Gasteiger partial charge is 0.416 e. The van der Waals surface area contributed by atoms with Gasteiger partial charge in [-0.25, -0.2) is 0 Å². The summed E-state index contributed by atoms with van der Waals surface area (Å²) in [5.41, 5.74) is 2.28. The zero-order valence-corrected chi connectivity index (χ0v) is 25.2. The molecule has 242 valence electrons. The molecule has 10 nitrogen and oxygen atoms in total. The van der Waals surface area contributed by atoms with Crippen molar-refractivity contribution in [2.75, 3.05) is 31.1 Å². The molecule has 0 spiro atoms. The van der Waals surface area contributed by atoms with Crippen LogP contribution in [-0.2, 0) is 25.9 Å². The first-order chi connectivity index (χ1) is 22.1. The van der Waals surface area contributed by atoms with E-state index in [0.29, 0.717) is 36.9 Å². The Morgan fingerprint density at radius 1 is 0.935 bits per heavy atom. The van der Waals surface area contributed by atoms with E-state index in [2.05, 4.69) is 33.8 Å². The summed E-state index contributed by atoms with van der Waals surface area (Å²) in [5.74, 6) is 1.17. The number of halogens is 3. The third-order valence-electron chi connectivity index (χ3n) is 8.28. The minimum absolute atomic E-state index is 0.194. The van der Waals surface area contributed by atoms with E-state index in [9.17, 15) is 23.3 Å². The first kappa shape index (κ1) is 31.2. The van der Waals surface area contributed by atoms with Crippen molar-refractivity contribution in [1.29, 1.82) is 0 Å². The lowest BCUT2D eigenvalue weighted by atomic mass is 10.1. The predicted molar refractivity (Wildman–Crippen MR) is 164 cm³/mol. The van der Waals surface area contributed by atoms with Crippen LogP contribution in [0.1, 0.15) is 30.0 Å². The van der Waals surface area contributed by atoms with E-state index in [0.717, 1.165) is 55.3 Å². The van der Waals surface area contributed by atoms with Crippen LogP contribution in [-0.4, -0.2) is 57.8 Å². The maximum atomic E-state index is 12.8. The number of rotatable bonds is 10. The average molecular weight is 638 g/mol. The minimum Gasteiger partial charge on any atom is -0.490 e. The lowest BCUT2D eigenvalue weighted by Crippen LogP contribution is -2.51. The lowest BCUT2D eigenvalue weighted by Gasteiger charge is -2.41. The number of nitrogens with zero attached hydrogens (tertiary/aromatic N) is 5. The van der Waals surface area contributed by atoms with Gasteiger partial charge in [0.2, 0.25) is 0 Å².